The molecule has 0 aliphatic carbocycles. The number of carbonyl (C=O) groups is 1. The third-order valence-corrected chi connectivity index (χ3v) is 3.93. The maximum Gasteiger partial charge on any atom is 0.390 e. The molecular formula is C17H18N6O3. The molecule has 1 aromatic carbocycles. The molecule has 3 rings (SSSR count). The molecule has 0 saturated heterocycles. The largest absolute Gasteiger partial charge is 0.390 e. The van der Waals surface area contributed by atoms with Crippen molar-refractivity contribution in [2.24, 2.45) is 5.10 Å². The normalized spacial score (nSPS) is 11.7. The molecule has 0 spiro atoms. The van der Waals surface area contributed by atoms with Crippen LogP contribution >= 0.6 is 0 Å². The highest BCUT2D eigenvalue weighted by atomic mass is 16.6. The smallest absolute Gasteiger partial charge is 0.361 e. The highest BCUT2D eigenvalue weighted by molar-refractivity contribution is 5.89. The lowest BCUT2D eigenvalue weighted by atomic mass is 10.1. The van der Waals surface area contributed by atoms with Gasteiger partial charge in [-0.25, -0.2) is 5.43 Å². The summed E-state index contributed by atoms with van der Waals surface area (Å²) in [6.07, 6.45) is 2.01. The second-order valence-electron chi connectivity index (χ2n) is 5.98. The summed E-state index contributed by atoms with van der Waals surface area (Å²) in [6, 6.07) is 9.15. The Balaban J connectivity index is 1.61. The van der Waals surface area contributed by atoms with Crippen molar-refractivity contribution in [3.63, 3.8) is 0 Å². The number of benzene rings is 1. The minimum Gasteiger partial charge on any atom is -0.361 e. The van der Waals surface area contributed by atoms with Gasteiger partial charge in [0.2, 0.25) is 5.91 Å². The van der Waals surface area contributed by atoms with E-state index in [2.05, 4.69) is 20.6 Å². The molecule has 26 heavy (non-hydrogen) atoms. The van der Waals surface area contributed by atoms with Gasteiger partial charge in [0.05, 0.1) is 29.0 Å². The first kappa shape index (κ1) is 17.3. The number of hydrazone groups is 1. The number of nitro groups is 1. The Morgan fingerprint density at radius 3 is 2.92 bits per heavy atom. The Labute approximate surface area is 148 Å². The van der Waals surface area contributed by atoms with Gasteiger partial charge in [-0.1, -0.05) is 18.2 Å². The van der Waals surface area contributed by atoms with Crippen LogP contribution in [0.1, 0.15) is 18.2 Å². The molecule has 134 valence electrons. The lowest BCUT2D eigenvalue weighted by Gasteiger charge is -2.02. The summed E-state index contributed by atoms with van der Waals surface area (Å²) in [6.45, 7) is 3.70. The fourth-order valence-corrected chi connectivity index (χ4v) is 2.64. The van der Waals surface area contributed by atoms with Crippen LogP contribution in [-0.2, 0) is 17.8 Å². The number of aromatic nitrogens is 3. The van der Waals surface area contributed by atoms with Gasteiger partial charge in [0.1, 0.15) is 6.54 Å². The molecule has 0 unspecified atom stereocenters. The van der Waals surface area contributed by atoms with Crippen LogP contribution in [-0.4, -0.2) is 31.3 Å². The second kappa shape index (κ2) is 7.18. The molecule has 0 bridgehead atoms. The van der Waals surface area contributed by atoms with E-state index in [0.717, 1.165) is 16.5 Å². The number of aryl methyl sites for hydroxylation is 1. The molecule has 0 saturated carbocycles. The van der Waals surface area contributed by atoms with E-state index in [4.69, 9.17) is 0 Å². The summed E-state index contributed by atoms with van der Waals surface area (Å²) in [5.41, 5.74) is 5.62. The van der Waals surface area contributed by atoms with E-state index >= 15 is 0 Å². The number of nitrogens with one attached hydrogen (secondary N) is 2. The van der Waals surface area contributed by atoms with Crippen molar-refractivity contribution in [2.75, 3.05) is 0 Å². The van der Waals surface area contributed by atoms with E-state index < -0.39 is 4.92 Å². The molecule has 0 aliphatic heterocycles. The minimum atomic E-state index is -0.543. The summed E-state index contributed by atoms with van der Waals surface area (Å²) >= 11 is 0. The Hall–Kier alpha value is -3.49. The first-order valence-corrected chi connectivity index (χ1v) is 8.00. The van der Waals surface area contributed by atoms with E-state index in [0.29, 0.717) is 11.4 Å². The number of nitrogens with zero attached hydrogens (tertiary/aromatic N) is 4. The molecule has 1 amide bonds. The summed E-state index contributed by atoms with van der Waals surface area (Å²) in [7, 11) is 0. The molecule has 2 heterocycles. The van der Waals surface area contributed by atoms with Crippen molar-refractivity contribution in [3.05, 3.63) is 57.9 Å². The first-order valence-electron chi connectivity index (χ1n) is 8.00. The van der Waals surface area contributed by atoms with Gasteiger partial charge < -0.3 is 15.1 Å². The number of rotatable bonds is 6. The number of hydrogen-bond donors (Lipinski definition) is 2. The number of para-hydroxylation sites is 1. The molecule has 0 atom stereocenters. The third kappa shape index (κ3) is 3.77. The van der Waals surface area contributed by atoms with E-state index in [1.165, 1.54) is 10.7 Å². The van der Waals surface area contributed by atoms with Gasteiger partial charge in [-0.05, 0) is 30.4 Å². The molecule has 0 radical (unpaired) electrons. The number of carbonyl (C=O) groups excluding carboxylic acids is 1. The fraction of sp³-hybridized carbons (Fsp3) is 0.235. The molecule has 2 aromatic heterocycles. The highest BCUT2D eigenvalue weighted by Crippen LogP contribution is 2.18. The number of aromatic amines is 1. The molecule has 2 N–H and O–H groups in total. The minimum absolute atomic E-state index is 0.201. The van der Waals surface area contributed by atoms with Gasteiger partial charge in [-0.15, -0.1) is 0 Å². The van der Waals surface area contributed by atoms with Gasteiger partial charge in [-0.2, -0.15) is 9.78 Å². The Bertz CT molecular complexity index is 1000. The third-order valence-electron chi connectivity index (χ3n) is 3.93. The van der Waals surface area contributed by atoms with Gasteiger partial charge in [0, 0.05) is 17.1 Å². The van der Waals surface area contributed by atoms with Crippen molar-refractivity contribution >= 4 is 28.3 Å². The van der Waals surface area contributed by atoms with Crippen LogP contribution in [0.5, 0.6) is 0 Å². The average Bonchev–Trinajstić information content (AvgIpc) is 3.18. The maximum absolute atomic E-state index is 12.1. The highest BCUT2D eigenvalue weighted by Gasteiger charge is 2.15. The van der Waals surface area contributed by atoms with Crippen LogP contribution in [0.4, 0.5) is 5.82 Å². The second-order valence-corrected chi connectivity index (χ2v) is 5.98. The predicted molar refractivity (Wildman–Crippen MR) is 96.9 cm³/mol. The zero-order valence-electron chi connectivity index (χ0n) is 14.4. The Morgan fingerprint density at radius 2 is 2.19 bits per heavy atom. The van der Waals surface area contributed by atoms with Crippen molar-refractivity contribution in [1.29, 1.82) is 0 Å². The Morgan fingerprint density at radius 1 is 1.42 bits per heavy atom. The van der Waals surface area contributed by atoms with Crippen molar-refractivity contribution in [1.82, 2.24) is 20.2 Å². The zero-order valence-corrected chi connectivity index (χ0v) is 14.4. The van der Waals surface area contributed by atoms with Crippen LogP contribution in [0.25, 0.3) is 10.9 Å². The van der Waals surface area contributed by atoms with E-state index in [-0.39, 0.29) is 24.7 Å². The quantitative estimate of drug-likeness (QED) is 0.401. The van der Waals surface area contributed by atoms with Gasteiger partial charge >= 0.3 is 5.82 Å². The lowest BCUT2D eigenvalue weighted by molar-refractivity contribution is -0.389. The maximum atomic E-state index is 12.1. The molecule has 0 aliphatic rings. The molecular weight excluding hydrogens is 336 g/mol. The van der Waals surface area contributed by atoms with Crippen LogP contribution in [0.3, 0.4) is 0 Å². The summed E-state index contributed by atoms with van der Waals surface area (Å²) in [5.74, 6) is -0.448. The number of fused-ring (bicyclic) bond motifs is 1. The van der Waals surface area contributed by atoms with Crippen molar-refractivity contribution < 1.29 is 9.72 Å². The number of amides is 1. The molecule has 3 aromatic rings. The van der Waals surface area contributed by atoms with E-state index in [1.54, 1.807) is 13.8 Å². The fourth-order valence-electron chi connectivity index (χ4n) is 2.64. The van der Waals surface area contributed by atoms with E-state index in [9.17, 15) is 14.9 Å². The molecule has 0 fully saturated rings. The molecule has 9 nitrogen and oxygen atoms in total. The van der Waals surface area contributed by atoms with Crippen LogP contribution in [0.15, 0.2) is 41.6 Å². The first-order chi connectivity index (χ1) is 12.4. The topological polar surface area (TPSA) is 118 Å². The number of hydrogen-bond acceptors (Lipinski definition) is 5. The monoisotopic (exact) mass is 354 g/mol. The predicted octanol–water partition coefficient (Wildman–Crippen LogP) is 2.32. The summed E-state index contributed by atoms with van der Waals surface area (Å²) in [5, 5.41) is 19.7. The Kier molecular flexibility index (Phi) is 4.78. The van der Waals surface area contributed by atoms with Gasteiger partial charge in [-0.3, -0.25) is 4.79 Å². The van der Waals surface area contributed by atoms with Gasteiger partial charge in [0.15, 0.2) is 0 Å². The summed E-state index contributed by atoms with van der Waals surface area (Å²) in [4.78, 5) is 25.5. The molecule has 9 heteroatoms. The summed E-state index contributed by atoms with van der Waals surface area (Å²) < 4.78 is 1.47. The standard InChI is InChI=1S/C17H18N6O3/c1-11(10-22-12(2)7-16(21-22)23(25)26)19-20-17(24)8-13-9-18-15-6-4-3-5-14(13)15/h3-7,9,18H,8,10H2,1-2H3,(H,20,24). The van der Waals surface area contributed by atoms with Crippen LogP contribution in [0.2, 0.25) is 0 Å². The van der Waals surface area contributed by atoms with Crippen LogP contribution in [0, 0.1) is 17.0 Å². The number of H-pyrrole nitrogens is 1. The zero-order chi connectivity index (χ0) is 18.7. The van der Waals surface area contributed by atoms with Crippen molar-refractivity contribution in [2.45, 2.75) is 26.8 Å². The van der Waals surface area contributed by atoms with Crippen LogP contribution < -0.4 is 5.43 Å². The lowest BCUT2D eigenvalue weighted by Crippen LogP contribution is -2.22. The van der Waals surface area contributed by atoms with Gasteiger partial charge in [0.25, 0.3) is 0 Å². The van der Waals surface area contributed by atoms with Crippen molar-refractivity contribution in [3.8, 4) is 0 Å². The van der Waals surface area contributed by atoms with E-state index in [1.807, 2.05) is 30.5 Å². The average molecular weight is 354 g/mol. The SMILES string of the molecule is CC(Cn1nc([N+](=O)[O-])cc1C)=NNC(=O)Cc1c[nH]c2ccccc12.